The van der Waals surface area contributed by atoms with Crippen LogP contribution in [0.3, 0.4) is 0 Å². The Kier molecular flexibility index (Phi) is 3.36. The van der Waals surface area contributed by atoms with Crippen molar-refractivity contribution in [3.63, 3.8) is 0 Å². The Morgan fingerprint density at radius 2 is 2.14 bits per heavy atom. The van der Waals surface area contributed by atoms with E-state index >= 15 is 0 Å². The molecule has 1 N–H and O–H groups in total. The number of nitrogens with one attached hydrogen (secondary N) is 1. The second kappa shape index (κ2) is 5.35. The molecule has 1 unspecified atom stereocenters. The first-order valence-electron chi connectivity index (χ1n) is 7.56. The van der Waals surface area contributed by atoms with Crippen LogP contribution >= 0.6 is 11.6 Å². The van der Waals surface area contributed by atoms with Crippen LogP contribution in [0.1, 0.15) is 42.0 Å². The molecule has 2 heterocycles. The first kappa shape index (κ1) is 13.2. The highest BCUT2D eigenvalue weighted by Crippen LogP contribution is 2.42. The van der Waals surface area contributed by atoms with Gasteiger partial charge < -0.3 is 9.95 Å². The van der Waals surface area contributed by atoms with E-state index in [0.29, 0.717) is 0 Å². The van der Waals surface area contributed by atoms with E-state index in [9.17, 15) is 0 Å². The molecule has 1 aliphatic carbocycles. The number of hydrazine groups is 1. The van der Waals surface area contributed by atoms with Crippen molar-refractivity contribution in [2.24, 2.45) is 0 Å². The monoisotopic (exact) mass is 303 g/mol. The van der Waals surface area contributed by atoms with Gasteiger partial charge >= 0.3 is 0 Å². The van der Waals surface area contributed by atoms with Crippen molar-refractivity contribution in [3.8, 4) is 0 Å². The number of fused-ring (bicyclic) bond motifs is 1. The Morgan fingerprint density at radius 3 is 3.00 bits per heavy atom. The minimum Gasteiger partial charge on any atom is -0.362 e. The number of benzene rings is 1. The fourth-order valence-corrected chi connectivity index (χ4v) is 3.75. The molecule has 0 amide bonds. The molecular formula is C16H18ClN3O. The molecule has 0 spiro atoms. The second-order valence-electron chi connectivity index (χ2n) is 5.82. The fourth-order valence-electron chi connectivity index (χ4n) is 3.47. The maximum atomic E-state index is 6.31. The first-order valence-corrected chi connectivity index (χ1v) is 7.94. The Labute approximate surface area is 129 Å². The third kappa shape index (κ3) is 2.32. The molecule has 2 aliphatic rings. The first-order chi connectivity index (χ1) is 10.3. The van der Waals surface area contributed by atoms with Crippen molar-refractivity contribution >= 4 is 17.3 Å². The lowest BCUT2D eigenvalue weighted by Gasteiger charge is -2.18. The van der Waals surface area contributed by atoms with Gasteiger partial charge in [-0.25, -0.2) is 5.01 Å². The molecule has 1 saturated heterocycles. The van der Waals surface area contributed by atoms with Crippen LogP contribution < -0.4 is 5.43 Å². The summed E-state index contributed by atoms with van der Waals surface area (Å²) in [6.45, 7) is 2.16. The summed E-state index contributed by atoms with van der Waals surface area (Å²) in [7, 11) is 0. The second-order valence-corrected chi connectivity index (χ2v) is 6.23. The van der Waals surface area contributed by atoms with Crippen molar-refractivity contribution in [1.82, 2.24) is 10.2 Å². The zero-order chi connectivity index (χ0) is 14.2. The largest absolute Gasteiger partial charge is 0.362 e. The summed E-state index contributed by atoms with van der Waals surface area (Å²) in [5, 5.41) is 7.37. The van der Waals surface area contributed by atoms with Crippen LogP contribution in [0.4, 0.5) is 5.69 Å². The smallest absolute Gasteiger partial charge is 0.148 e. The number of nitrogens with zero attached hydrogens (tertiary/aromatic N) is 2. The molecule has 1 aliphatic heterocycles. The predicted octanol–water partition coefficient (Wildman–Crippen LogP) is 3.83. The van der Waals surface area contributed by atoms with E-state index in [1.807, 2.05) is 12.1 Å². The lowest BCUT2D eigenvalue weighted by atomic mass is 9.97. The summed E-state index contributed by atoms with van der Waals surface area (Å²) in [5.74, 6) is 0.280. The van der Waals surface area contributed by atoms with Crippen LogP contribution in [0.5, 0.6) is 0 Å². The molecule has 5 heteroatoms. The van der Waals surface area contributed by atoms with Crippen LogP contribution in [0.25, 0.3) is 0 Å². The molecule has 0 radical (unpaired) electrons. The topological polar surface area (TPSA) is 41.3 Å². The van der Waals surface area contributed by atoms with Crippen molar-refractivity contribution in [2.45, 2.75) is 31.6 Å². The Hall–Kier alpha value is -1.52. The average Bonchev–Trinajstić information content (AvgIpc) is 3.19. The number of hydrogen-bond donors (Lipinski definition) is 1. The maximum absolute atomic E-state index is 6.31. The van der Waals surface area contributed by atoms with Gasteiger partial charge in [-0.2, -0.15) is 0 Å². The van der Waals surface area contributed by atoms with E-state index in [0.717, 1.165) is 42.3 Å². The minimum atomic E-state index is 0.280. The third-order valence-corrected chi connectivity index (χ3v) is 4.88. The SMILES string of the molecule is Clc1cccc2c1CCC2c1nocc1NN1CCCC1. The molecule has 1 aromatic heterocycles. The molecule has 4 nitrogen and oxygen atoms in total. The van der Waals surface area contributed by atoms with Gasteiger partial charge in [0.15, 0.2) is 0 Å². The van der Waals surface area contributed by atoms with Crippen LogP contribution in [0, 0.1) is 0 Å². The van der Waals surface area contributed by atoms with Gasteiger partial charge in [0.1, 0.15) is 17.6 Å². The molecular weight excluding hydrogens is 286 g/mol. The van der Waals surface area contributed by atoms with E-state index in [1.54, 1.807) is 6.26 Å². The summed E-state index contributed by atoms with van der Waals surface area (Å²) in [6, 6.07) is 6.15. The van der Waals surface area contributed by atoms with Gasteiger partial charge in [0.05, 0.1) is 0 Å². The van der Waals surface area contributed by atoms with Crippen LogP contribution in [0.2, 0.25) is 5.02 Å². The maximum Gasteiger partial charge on any atom is 0.148 e. The Bertz CT molecular complexity index is 649. The van der Waals surface area contributed by atoms with Crippen molar-refractivity contribution in [2.75, 3.05) is 18.5 Å². The third-order valence-electron chi connectivity index (χ3n) is 4.53. The van der Waals surface area contributed by atoms with Gasteiger partial charge in [-0.3, -0.25) is 0 Å². The minimum absolute atomic E-state index is 0.280. The molecule has 4 rings (SSSR count). The molecule has 21 heavy (non-hydrogen) atoms. The fraction of sp³-hybridized carbons (Fsp3) is 0.438. The summed E-state index contributed by atoms with van der Waals surface area (Å²) in [4.78, 5) is 0. The van der Waals surface area contributed by atoms with Crippen molar-refractivity contribution in [1.29, 1.82) is 0 Å². The van der Waals surface area contributed by atoms with E-state index < -0.39 is 0 Å². The number of halogens is 1. The highest BCUT2D eigenvalue weighted by atomic mass is 35.5. The van der Waals surface area contributed by atoms with Crippen molar-refractivity contribution in [3.05, 3.63) is 46.3 Å². The van der Waals surface area contributed by atoms with Gasteiger partial charge in [-0.15, -0.1) is 0 Å². The van der Waals surface area contributed by atoms with Crippen LogP contribution in [-0.2, 0) is 6.42 Å². The molecule has 1 atom stereocenters. The van der Waals surface area contributed by atoms with Crippen LogP contribution in [0.15, 0.2) is 29.0 Å². The number of hydrogen-bond acceptors (Lipinski definition) is 4. The Morgan fingerprint density at radius 1 is 1.29 bits per heavy atom. The van der Waals surface area contributed by atoms with Gasteiger partial charge in [0.2, 0.25) is 0 Å². The summed E-state index contributed by atoms with van der Waals surface area (Å²) in [5.41, 5.74) is 8.01. The van der Waals surface area contributed by atoms with E-state index in [4.69, 9.17) is 16.1 Å². The highest BCUT2D eigenvalue weighted by molar-refractivity contribution is 6.31. The lowest BCUT2D eigenvalue weighted by molar-refractivity contribution is 0.403. The molecule has 0 saturated carbocycles. The van der Waals surface area contributed by atoms with Gasteiger partial charge in [-0.05, 0) is 42.9 Å². The number of anilines is 1. The predicted molar refractivity (Wildman–Crippen MR) is 82.5 cm³/mol. The summed E-state index contributed by atoms with van der Waals surface area (Å²) < 4.78 is 5.24. The van der Waals surface area contributed by atoms with E-state index in [1.165, 1.54) is 24.0 Å². The molecule has 1 fully saturated rings. The Balaban J connectivity index is 1.64. The lowest BCUT2D eigenvalue weighted by Crippen LogP contribution is -2.26. The van der Waals surface area contributed by atoms with Gasteiger partial charge in [0, 0.05) is 24.0 Å². The number of rotatable bonds is 3. The van der Waals surface area contributed by atoms with Gasteiger partial charge in [0.25, 0.3) is 0 Å². The zero-order valence-electron chi connectivity index (χ0n) is 11.8. The quantitative estimate of drug-likeness (QED) is 0.935. The van der Waals surface area contributed by atoms with Crippen molar-refractivity contribution < 1.29 is 4.52 Å². The summed E-state index contributed by atoms with van der Waals surface area (Å²) in [6.07, 6.45) is 6.26. The van der Waals surface area contributed by atoms with E-state index in [-0.39, 0.29) is 5.92 Å². The highest BCUT2D eigenvalue weighted by Gasteiger charge is 2.30. The molecule has 1 aromatic carbocycles. The number of aromatic nitrogens is 1. The molecule has 0 bridgehead atoms. The van der Waals surface area contributed by atoms with E-state index in [2.05, 4.69) is 21.7 Å². The summed E-state index contributed by atoms with van der Waals surface area (Å²) >= 11 is 6.31. The average molecular weight is 304 g/mol. The molecule has 110 valence electrons. The standard InChI is InChI=1S/C16H18ClN3O/c17-14-5-3-4-11-12(14)6-7-13(11)16-15(10-21-19-16)18-20-8-1-2-9-20/h3-5,10,13,18H,1-2,6-9H2. The normalized spacial score (nSPS) is 21.7. The molecule has 2 aromatic rings. The van der Waals surface area contributed by atoms with Gasteiger partial charge in [-0.1, -0.05) is 28.9 Å². The van der Waals surface area contributed by atoms with Crippen LogP contribution in [-0.4, -0.2) is 23.3 Å². The zero-order valence-corrected chi connectivity index (χ0v) is 12.6.